The lowest BCUT2D eigenvalue weighted by Gasteiger charge is -2.36. The normalized spacial score (nSPS) is 28.5. The number of ether oxygens (including phenoxy) is 1. The molecule has 0 bridgehead atoms. The van der Waals surface area contributed by atoms with Crippen molar-refractivity contribution < 1.29 is 9.53 Å². The smallest absolute Gasteiger partial charge is 0.240 e. The number of carbonyl (C=O) groups excluding carboxylic acids is 1. The fourth-order valence-corrected chi connectivity index (χ4v) is 2.95. The Morgan fingerprint density at radius 2 is 2.32 bits per heavy atom. The van der Waals surface area contributed by atoms with E-state index in [1.54, 1.807) is 4.90 Å². The monoisotopic (exact) mass is 269 g/mol. The molecule has 0 aromatic rings. The number of likely N-dealkylation sites (N-methyl/N-ethyl adjacent to an activating group) is 1. The van der Waals surface area contributed by atoms with Crippen LogP contribution in [0.25, 0.3) is 0 Å². The van der Waals surface area contributed by atoms with E-state index in [0.29, 0.717) is 6.10 Å². The highest BCUT2D eigenvalue weighted by Crippen LogP contribution is 2.17. The molecule has 1 amide bonds. The second-order valence-corrected chi connectivity index (χ2v) is 5.77. The highest BCUT2D eigenvalue weighted by molar-refractivity contribution is 5.81. The number of nitrogens with zero attached hydrogens (tertiary/aromatic N) is 2. The van der Waals surface area contributed by atoms with Gasteiger partial charge < -0.3 is 15.0 Å². The van der Waals surface area contributed by atoms with E-state index < -0.39 is 0 Å². The molecule has 0 aliphatic carbocycles. The van der Waals surface area contributed by atoms with Crippen LogP contribution < -0.4 is 5.32 Å². The third kappa shape index (κ3) is 4.16. The summed E-state index contributed by atoms with van der Waals surface area (Å²) in [5.74, 6) is 0.212. The fraction of sp³-hybridized carbons (Fsp3) is 0.929. The van der Waals surface area contributed by atoms with Gasteiger partial charge in [-0.05, 0) is 32.2 Å². The van der Waals surface area contributed by atoms with Gasteiger partial charge in [-0.1, -0.05) is 0 Å². The molecule has 2 rings (SSSR count). The molecule has 0 aromatic heterocycles. The highest BCUT2D eigenvalue weighted by Gasteiger charge is 2.29. The lowest BCUT2D eigenvalue weighted by atomic mass is 10.1. The van der Waals surface area contributed by atoms with Crippen molar-refractivity contribution >= 4 is 5.91 Å². The van der Waals surface area contributed by atoms with Gasteiger partial charge in [-0.15, -0.1) is 0 Å². The first kappa shape index (κ1) is 14.8. The van der Waals surface area contributed by atoms with Crippen LogP contribution in [0, 0.1) is 0 Å². The average Bonchev–Trinajstić information content (AvgIpc) is 2.91. The van der Waals surface area contributed by atoms with Crippen LogP contribution in [0.4, 0.5) is 0 Å². The Morgan fingerprint density at radius 1 is 1.47 bits per heavy atom. The molecule has 0 saturated carbocycles. The van der Waals surface area contributed by atoms with Crippen LogP contribution in [0.15, 0.2) is 0 Å². The van der Waals surface area contributed by atoms with E-state index in [1.165, 1.54) is 12.8 Å². The Labute approximate surface area is 116 Å². The molecule has 110 valence electrons. The molecule has 2 fully saturated rings. The van der Waals surface area contributed by atoms with E-state index in [0.717, 1.165) is 45.6 Å². The molecule has 5 heteroatoms. The van der Waals surface area contributed by atoms with Crippen molar-refractivity contribution in [2.45, 2.75) is 37.8 Å². The third-order valence-electron chi connectivity index (χ3n) is 4.08. The van der Waals surface area contributed by atoms with Crippen LogP contribution in [0.2, 0.25) is 0 Å². The molecule has 0 spiro atoms. The SMILES string of the molecule is CN(C)C(=O)C1CNCCN1CCCC1CCCO1. The van der Waals surface area contributed by atoms with Gasteiger partial charge in [0.1, 0.15) is 6.04 Å². The molecule has 0 aromatic carbocycles. The molecule has 2 unspecified atom stereocenters. The molecule has 2 aliphatic heterocycles. The Bertz CT molecular complexity index is 290. The summed E-state index contributed by atoms with van der Waals surface area (Å²) in [5.41, 5.74) is 0. The minimum atomic E-state index is 0.00764. The lowest BCUT2D eigenvalue weighted by molar-refractivity contribution is -0.135. The van der Waals surface area contributed by atoms with Crippen molar-refractivity contribution in [1.82, 2.24) is 15.1 Å². The summed E-state index contributed by atoms with van der Waals surface area (Å²) in [6, 6.07) is 0.00764. The first-order valence-corrected chi connectivity index (χ1v) is 7.46. The number of rotatable bonds is 5. The minimum absolute atomic E-state index is 0.00764. The van der Waals surface area contributed by atoms with Crippen LogP contribution in [-0.4, -0.2) is 74.7 Å². The Hall–Kier alpha value is -0.650. The molecule has 2 atom stereocenters. The summed E-state index contributed by atoms with van der Waals surface area (Å²) < 4.78 is 5.65. The molecule has 19 heavy (non-hydrogen) atoms. The maximum Gasteiger partial charge on any atom is 0.240 e. The van der Waals surface area contributed by atoms with Crippen LogP contribution in [0.5, 0.6) is 0 Å². The summed E-state index contributed by atoms with van der Waals surface area (Å²) in [4.78, 5) is 16.2. The number of nitrogens with one attached hydrogen (secondary N) is 1. The van der Waals surface area contributed by atoms with Gasteiger partial charge >= 0.3 is 0 Å². The molecule has 2 heterocycles. The molecular formula is C14H27N3O2. The quantitative estimate of drug-likeness (QED) is 0.780. The van der Waals surface area contributed by atoms with E-state index in [1.807, 2.05) is 14.1 Å². The Morgan fingerprint density at radius 3 is 3.00 bits per heavy atom. The number of carbonyl (C=O) groups is 1. The van der Waals surface area contributed by atoms with Gasteiger partial charge in [0.05, 0.1) is 6.10 Å². The van der Waals surface area contributed by atoms with Crippen molar-refractivity contribution in [2.24, 2.45) is 0 Å². The van der Waals surface area contributed by atoms with E-state index in [4.69, 9.17) is 4.74 Å². The van der Waals surface area contributed by atoms with E-state index in [-0.39, 0.29) is 11.9 Å². The largest absolute Gasteiger partial charge is 0.378 e. The molecular weight excluding hydrogens is 242 g/mol. The summed E-state index contributed by atoms with van der Waals surface area (Å²) >= 11 is 0. The van der Waals surface area contributed by atoms with Gasteiger partial charge in [-0.3, -0.25) is 9.69 Å². The second-order valence-electron chi connectivity index (χ2n) is 5.77. The number of hydrogen-bond acceptors (Lipinski definition) is 4. The summed E-state index contributed by atoms with van der Waals surface area (Å²) in [5, 5.41) is 3.32. The van der Waals surface area contributed by atoms with Gasteiger partial charge in [0.2, 0.25) is 5.91 Å². The summed E-state index contributed by atoms with van der Waals surface area (Å²) in [6.45, 7) is 4.66. The van der Waals surface area contributed by atoms with Crippen molar-refractivity contribution in [2.75, 3.05) is 46.9 Å². The molecule has 0 radical (unpaired) electrons. The van der Waals surface area contributed by atoms with Crippen LogP contribution in [0.1, 0.15) is 25.7 Å². The maximum absolute atomic E-state index is 12.1. The predicted octanol–water partition coefficient (Wildman–Crippen LogP) is 0.308. The Balaban J connectivity index is 1.76. The zero-order chi connectivity index (χ0) is 13.7. The maximum atomic E-state index is 12.1. The van der Waals surface area contributed by atoms with Crippen molar-refractivity contribution in [3.63, 3.8) is 0 Å². The number of piperazine rings is 1. The van der Waals surface area contributed by atoms with Crippen molar-refractivity contribution in [3.8, 4) is 0 Å². The predicted molar refractivity (Wildman–Crippen MR) is 75.1 cm³/mol. The third-order valence-corrected chi connectivity index (χ3v) is 4.08. The van der Waals surface area contributed by atoms with E-state index >= 15 is 0 Å². The first-order chi connectivity index (χ1) is 9.18. The van der Waals surface area contributed by atoms with Crippen LogP contribution in [0.3, 0.4) is 0 Å². The van der Waals surface area contributed by atoms with Gasteiger partial charge in [0.25, 0.3) is 0 Å². The van der Waals surface area contributed by atoms with Crippen LogP contribution >= 0.6 is 0 Å². The minimum Gasteiger partial charge on any atom is -0.378 e. The molecule has 2 saturated heterocycles. The topological polar surface area (TPSA) is 44.8 Å². The zero-order valence-electron chi connectivity index (χ0n) is 12.2. The van der Waals surface area contributed by atoms with Gasteiger partial charge in [-0.2, -0.15) is 0 Å². The average molecular weight is 269 g/mol. The van der Waals surface area contributed by atoms with Gasteiger partial charge in [0.15, 0.2) is 0 Å². The molecule has 5 nitrogen and oxygen atoms in total. The Kier molecular flexibility index (Phi) is 5.60. The van der Waals surface area contributed by atoms with Crippen LogP contribution in [-0.2, 0) is 9.53 Å². The standard InChI is InChI=1S/C14H27N3O2/c1-16(2)14(18)13-11-15-7-9-17(13)8-3-5-12-6-4-10-19-12/h12-13,15H,3-11H2,1-2H3. The van der Waals surface area contributed by atoms with E-state index in [9.17, 15) is 4.79 Å². The van der Waals surface area contributed by atoms with Gasteiger partial charge in [-0.25, -0.2) is 0 Å². The van der Waals surface area contributed by atoms with Gasteiger partial charge in [0, 0.05) is 40.3 Å². The first-order valence-electron chi connectivity index (χ1n) is 7.46. The lowest BCUT2D eigenvalue weighted by Crippen LogP contribution is -2.57. The fourth-order valence-electron chi connectivity index (χ4n) is 2.95. The number of amides is 1. The zero-order valence-corrected chi connectivity index (χ0v) is 12.2. The number of hydrogen-bond donors (Lipinski definition) is 1. The summed E-state index contributed by atoms with van der Waals surface area (Å²) in [6.07, 6.45) is 5.14. The second kappa shape index (κ2) is 7.22. The molecule has 2 aliphatic rings. The van der Waals surface area contributed by atoms with Crippen molar-refractivity contribution in [3.05, 3.63) is 0 Å². The molecule has 1 N–H and O–H groups in total. The highest BCUT2D eigenvalue weighted by atomic mass is 16.5. The summed E-state index contributed by atoms with van der Waals surface area (Å²) in [7, 11) is 3.67. The van der Waals surface area contributed by atoms with E-state index in [2.05, 4.69) is 10.2 Å². The van der Waals surface area contributed by atoms with Crippen molar-refractivity contribution in [1.29, 1.82) is 0 Å².